The maximum absolute atomic E-state index is 5.07. The van der Waals surface area contributed by atoms with Crippen LogP contribution < -0.4 is 0 Å². The Labute approximate surface area is 49.8 Å². The molecule has 0 amide bonds. The Bertz CT molecular complexity index is 29.6. The van der Waals surface area contributed by atoms with E-state index in [0.717, 1.165) is 12.8 Å². The first-order valence-electron chi connectivity index (χ1n) is 2.62. The summed E-state index contributed by atoms with van der Waals surface area (Å²) in [4.78, 5) is 0. The molecular weight excluding hydrogens is 112 g/mol. The highest BCUT2D eigenvalue weighted by molar-refractivity contribution is 6.07. The molecule has 7 heavy (non-hydrogen) atoms. The second-order valence-electron chi connectivity index (χ2n) is 1.53. The van der Waals surface area contributed by atoms with Crippen LogP contribution in [0.2, 0.25) is 0 Å². The molecule has 1 nitrogen and oxygen atoms in total. The fourth-order valence-corrected chi connectivity index (χ4v) is 0.667. The molecule has 0 aliphatic carbocycles. The molecule has 0 N–H and O–H groups in total. The van der Waals surface area contributed by atoms with Crippen molar-refractivity contribution in [3.8, 4) is 0 Å². The van der Waals surface area contributed by atoms with E-state index in [1.54, 1.807) is 0 Å². The number of hydrogen-bond acceptors (Lipinski definition) is 1. The second kappa shape index (κ2) is 4.41. The van der Waals surface area contributed by atoms with Crippen LogP contribution in [-0.2, 0) is 4.29 Å². The molecule has 0 unspecified atom stereocenters. The number of rotatable bonds is 3. The van der Waals surface area contributed by atoms with E-state index in [0.29, 0.717) is 0 Å². The SMILES string of the molecule is CCC(CC)OCl. The smallest absolute Gasteiger partial charge is 0.0785 e. The highest BCUT2D eigenvalue weighted by Crippen LogP contribution is 2.03. The van der Waals surface area contributed by atoms with Crippen molar-refractivity contribution in [2.45, 2.75) is 32.8 Å². The summed E-state index contributed by atoms with van der Waals surface area (Å²) in [6.45, 7) is 4.10. The van der Waals surface area contributed by atoms with E-state index in [-0.39, 0.29) is 6.10 Å². The Kier molecular flexibility index (Phi) is 4.57. The topological polar surface area (TPSA) is 9.23 Å². The van der Waals surface area contributed by atoms with E-state index in [9.17, 15) is 0 Å². The third-order valence-electron chi connectivity index (χ3n) is 1.04. The molecule has 0 saturated heterocycles. The van der Waals surface area contributed by atoms with Gasteiger partial charge in [-0.3, -0.25) is 4.29 Å². The van der Waals surface area contributed by atoms with Crippen LogP contribution in [0.4, 0.5) is 0 Å². The molecule has 0 heterocycles. The van der Waals surface area contributed by atoms with E-state index < -0.39 is 0 Å². The molecule has 0 aliphatic rings. The van der Waals surface area contributed by atoms with Gasteiger partial charge in [0.25, 0.3) is 0 Å². The van der Waals surface area contributed by atoms with Crippen LogP contribution in [0.25, 0.3) is 0 Å². The van der Waals surface area contributed by atoms with Gasteiger partial charge in [-0.2, -0.15) is 0 Å². The second-order valence-corrected chi connectivity index (χ2v) is 1.71. The molecule has 0 saturated carbocycles. The van der Waals surface area contributed by atoms with E-state index in [1.165, 1.54) is 0 Å². The van der Waals surface area contributed by atoms with Gasteiger partial charge in [0.05, 0.1) is 18.0 Å². The van der Waals surface area contributed by atoms with Gasteiger partial charge < -0.3 is 0 Å². The molecular formula is C5H11ClO. The highest BCUT2D eigenvalue weighted by atomic mass is 35.5. The van der Waals surface area contributed by atoms with Crippen molar-refractivity contribution in [1.29, 1.82) is 0 Å². The zero-order valence-electron chi connectivity index (χ0n) is 4.78. The molecule has 0 bridgehead atoms. The van der Waals surface area contributed by atoms with E-state index >= 15 is 0 Å². The summed E-state index contributed by atoms with van der Waals surface area (Å²) >= 11 is 5.07. The van der Waals surface area contributed by atoms with Gasteiger partial charge in [0.1, 0.15) is 0 Å². The third-order valence-corrected chi connectivity index (χ3v) is 1.29. The standard InChI is InChI=1S/C5H11ClO/c1-3-5(4-2)7-6/h5H,3-4H2,1-2H3. The fourth-order valence-electron chi connectivity index (χ4n) is 0.415. The lowest BCUT2D eigenvalue weighted by Gasteiger charge is -2.03. The summed E-state index contributed by atoms with van der Waals surface area (Å²) in [7, 11) is 0. The van der Waals surface area contributed by atoms with Crippen LogP contribution in [0.15, 0.2) is 0 Å². The quantitative estimate of drug-likeness (QED) is 0.559. The van der Waals surface area contributed by atoms with Crippen molar-refractivity contribution in [2.24, 2.45) is 0 Å². The number of hydrogen-bond donors (Lipinski definition) is 0. The lowest BCUT2D eigenvalue weighted by Crippen LogP contribution is -2.02. The van der Waals surface area contributed by atoms with Gasteiger partial charge in [-0.25, -0.2) is 0 Å². The van der Waals surface area contributed by atoms with Crippen molar-refractivity contribution in [3.05, 3.63) is 0 Å². The Balaban J connectivity index is 2.99. The highest BCUT2D eigenvalue weighted by Gasteiger charge is 1.98. The van der Waals surface area contributed by atoms with Crippen LogP contribution in [0.1, 0.15) is 26.7 Å². The molecule has 0 aromatic heterocycles. The normalized spacial score (nSPS) is 10.3. The average molecular weight is 123 g/mol. The van der Waals surface area contributed by atoms with Crippen molar-refractivity contribution >= 4 is 11.9 Å². The van der Waals surface area contributed by atoms with E-state index in [2.05, 4.69) is 18.1 Å². The fraction of sp³-hybridized carbons (Fsp3) is 1.00. The molecule has 2 heteroatoms. The first-order valence-corrected chi connectivity index (χ1v) is 2.93. The zero-order chi connectivity index (χ0) is 5.70. The van der Waals surface area contributed by atoms with E-state index in [1.807, 2.05) is 0 Å². The van der Waals surface area contributed by atoms with Gasteiger partial charge in [0.15, 0.2) is 0 Å². The molecule has 0 atom stereocenters. The Morgan fingerprint density at radius 1 is 1.43 bits per heavy atom. The maximum atomic E-state index is 5.07. The van der Waals surface area contributed by atoms with Gasteiger partial charge in [0, 0.05) is 0 Å². The molecule has 44 valence electrons. The third kappa shape index (κ3) is 2.89. The van der Waals surface area contributed by atoms with Crippen molar-refractivity contribution < 1.29 is 4.29 Å². The van der Waals surface area contributed by atoms with Crippen molar-refractivity contribution in [2.75, 3.05) is 0 Å². The molecule has 0 spiro atoms. The minimum Gasteiger partial charge on any atom is -0.276 e. The first-order chi connectivity index (χ1) is 3.35. The van der Waals surface area contributed by atoms with Gasteiger partial charge in [-0.05, 0) is 12.8 Å². The lowest BCUT2D eigenvalue weighted by atomic mass is 10.2. The number of halogens is 1. The Morgan fingerprint density at radius 2 is 1.86 bits per heavy atom. The predicted octanol–water partition coefficient (Wildman–Crippen LogP) is 2.35. The van der Waals surface area contributed by atoms with Crippen LogP contribution in [0, 0.1) is 0 Å². The maximum Gasteiger partial charge on any atom is 0.0785 e. The summed E-state index contributed by atoms with van der Waals surface area (Å²) in [5, 5.41) is 0. The van der Waals surface area contributed by atoms with Gasteiger partial charge >= 0.3 is 0 Å². The largest absolute Gasteiger partial charge is 0.276 e. The minimum atomic E-state index is 0.252. The van der Waals surface area contributed by atoms with Crippen LogP contribution in [-0.4, -0.2) is 6.10 Å². The summed E-state index contributed by atoms with van der Waals surface area (Å²) in [5.41, 5.74) is 0. The Morgan fingerprint density at radius 3 is 1.86 bits per heavy atom. The summed E-state index contributed by atoms with van der Waals surface area (Å²) < 4.78 is 4.52. The van der Waals surface area contributed by atoms with Crippen molar-refractivity contribution in [3.63, 3.8) is 0 Å². The van der Waals surface area contributed by atoms with E-state index in [4.69, 9.17) is 11.9 Å². The van der Waals surface area contributed by atoms with Crippen LogP contribution >= 0.6 is 11.9 Å². The zero-order valence-corrected chi connectivity index (χ0v) is 5.53. The van der Waals surface area contributed by atoms with Crippen molar-refractivity contribution in [1.82, 2.24) is 0 Å². The summed E-state index contributed by atoms with van der Waals surface area (Å²) in [6, 6.07) is 0. The monoisotopic (exact) mass is 122 g/mol. The molecule has 0 fully saturated rings. The molecule has 0 radical (unpaired) electrons. The van der Waals surface area contributed by atoms with Crippen LogP contribution in [0.3, 0.4) is 0 Å². The molecule has 0 aliphatic heterocycles. The molecule has 0 aromatic rings. The summed E-state index contributed by atoms with van der Waals surface area (Å²) in [6.07, 6.45) is 2.25. The van der Waals surface area contributed by atoms with Crippen LogP contribution in [0.5, 0.6) is 0 Å². The predicted molar refractivity (Wildman–Crippen MR) is 31.3 cm³/mol. The minimum absolute atomic E-state index is 0.252. The van der Waals surface area contributed by atoms with Gasteiger partial charge in [0.2, 0.25) is 0 Å². The first kappa shape index (κ1) is 7.25. The van der Waals surface area contributed by atoms with Gasteiger partial charge in [-0.15, -0.1) is 0 Å². The molecule has 0 aromatic carbocycles. The average Bonchev–Trinajstić information content (AvgIpc) is 1.72. The summed E-state index contributed by atoms with van der Waals surface area (Å²) in [5.74, 6) is 0. The molecule has 0 rings (SSSR count). The lowest BCUT2D eigenvalue weighted by molar-refractivity contribution is 0.214. The Hall–Kier alpha value is 0.250. The van der Waals surface area contributed by atoms with Gasteiger partial charge in [-0.1, -0.05) is 13.8 Å².